The maximum atomic E-state index is 10.2. The lowest BCUT2D eigenvalue weighted by atomic mass is 10.5. The summed E-state index contributed by atoms with van der Waals surface area (Å²) in [6.07, 6.45) is 5.62. The molecule has 0 spiro atoms. The Morgan fingerprint density at radius 1 is 1.90 bits per heavy atom. The fraction of sp³-hybridized carbons (Fsp3) is 0.571. The van der Waals surface area contributed by atoms with Crippen LogP contribution in [-0.4, -0.2) is 22.1 Å². The van der Waals surface area contributed by atoms with Crippen LogP contribution in [0.25, 0.3) is 0 Å². The third kappa shape index (κ3) is 4.28. The lowest BCUT2D eigenvalue weighted by molar-refractivity contribution is -0.136. The van der Waals surface area contributed by atoms with E-state index in [1.807, 2.05) is 0 Å². The summed E-state index contributed by atoms with van der Waals surface area (Å²) < 4.78 is 0. The molecule has 0 bridgehead atoms. The lowest BCUT2D eigenvalue weighted by Crippen LogP contribution is -2.11. The molecule has 0 radical (unpaired) electrons. The van der Waals surface area contributed by atoms with Crippen LogP contribution in [0.3, 0.4) is 0 Å². The van der Waals surface area contributed by atoms with Crippen LogP contribution in [0.2, 0.25) is 0 Å². The van der Waals surface area contributed by atoms with Crippen molar-refractivity contribution in [1.82, 2.24) is 0 Å². The number of hydrogen-bond donors (Lipinski definition) is 1. The van der Waals surface area contributed by atoms with Gasteiger partial charge in [-0.2, -0.15) is 0 Å². The van der Waals surface area contributed by atoms with Gasteiger partial charge in [-0.25, -0.2) is 0 Å². The standard InChI is InChI=1S/C7H10O2S/c1-3-4-5-10-6(2)7(8)9/h1,6H,4-5H2,2H3,(H,8,9). The minimum absolute atomic E-state index is 0.339. The van der Waals surface area contributed by atoms with E-state index in [2.05, 4.69) is 5.92 Å². The van der Waals surface area contributed by atoms with E-state index >= 15 is 0 Å². The zero-order valence-corrected chi connectivity index (χ0v) is 6.65. The molecule has 1 N–H and O–H groups in total. The maximum Gasteiger partial charge on any atom is 0.316 e. The highest BCUT2D eigenvalue weighted by Gasteiger charge is 2.09. The first-order chi connectivity index (χ1) is 4.68. The van der Waals surface area contributed by atoms with Crippen molar-refractivity contribution >= 4 is 17.7 Å². The van der Waals surface area contributed by atoms with E-state index < -0.39 is 5.97 Å². The highest BCUT2D eigenvalue weighted by molar-refractivity contribution is 8.00. The highest BCUT2D eigenvalue weighted by Crippen LogP contribution is 2.10. The molecule has 0 saturated heterocycles. The molecule has 3 heteroatoms. The Morgan fingerprint density at radius 3 is 2.90 bits per heavy atom. The van der Waals surface area contributed by atoms with Gasteiger partial charge in [0, 0.05) is 12.2 Å². The first-order valence-electron chi connectivity index (χ1n) is 2.96. The first-order valence-corrected chi connectivity index (χ1v) is 4.01. The Kier molecular flexibility index (Phi) is 4.87. The Labute approximate surface area is 65.0 Å². The second-order valence-electron chi connectivity index (χ2n) is 1.81. The van der Waals surface area contributed by atoms with Gasteiger partial charge in [0.2, 0.25) is 0 Å². The van der Waals surface area contributed by atoms with Gasteiger partial charge in [0.15, 0.2) is 0 Å². The normalized spacial score (nSPS) is 12.0. The van der Waals surface area contributed by atoms with Crippen molar-refractivity contribution in [3.8, 4) is 12.3 Å². The summed E-state index contributed by atoms with van der Waals surface area (Å²) in [5.41, 5.74) is 0. The van der Waals surface area contributed by atoms with Crippen LogP contribution < -0.4 is 0 Å². The van der Waals surface area contributed by atoms with Crippen molar-refractivity contribution in [3.63, 3.8) is 0 Å². The van der Waals surface area contributed by atoms with E-state index in [1.54, 1.807) is 6.92 Å². The van der Waals surface area contributed by atoms with Crippen LogP contribution >= 0.6 is 11.8 Å². The summed E-state index contributed by atoms with van der Waals surface area (Å²) in [7, 11) is 0. The Balaban J connectivity index is 3.32. The minimum atomic E-state index is -0.776. The third-order valence-corrected chi connectivity index (χ3v) is 2.10. The number of aliphatic carboxylic acids is 1. The molecule has 2 nitrogen and oxygen atoms in total. The summed E-state index contributed by atoms with van der Waals surface area (Å²) in [6, 6.07) is 0. The molecule has 0 heterocycles. The molecular formula is C7H10O2S. The molecule has 0 saturated carbocycles. The highest BCUT2D eigenvalue weighted by atomic mass is 32.2. The van der Waals surface area contributed by atoms with Gasteiger partial charge in [-0.15, -0.1) is 24.1 Å². The smallest absolute Gasteiger partial charge is 0.316 e. The molecule has 56 valence electrons. The van der Waals surface area contributed by atoms with E-state index in [4.69, 9.17) is 11.5 Å². The second kappa shape index (κ2) is 5.19. The van der Waals surface area contributed by atoms with Crippen LogP contribution in [-0.2, 0) is 4.79 Å². The summed E-state index contributed by atoms with van der Waals surface area (Å²) in [5, 5.41) is 8.07. The SMILES string of the molecule is C#CCCSC(C)C(=O)O. The maximum absolute atomic E-state index is 10.2. The third-order valence-electron chi connectivity index (χ3n) is 0.962. The Hall–Kier alpha value is -0.620. The summed E-state index contributed by atoms with van der Waals surface area (Å²) in [4.78, 5) is 10.2. The summed E-state index contributed by atoms with van der Waals surface area (Å²) >= 11 is 1.37. The van der Waals surface area contributed by atoms with Gasteiger partial charge < -0.3 is 5.11 Å². The van der Waals surface area contributed by atoms with E-state index in [-0.39, 0.29) is 5.25 Å². The molecule has 0 aromatic heterocycles. The van der Waals surface area contributed by atoms with Gasteiger partial charge in [-0.05, 0) is 6.92 Å². The predicted molar refractivity (Wildman–Crippen MR) is 43.0 cm³/mol. The molecule has 0 fully saturated rings. The predicted octanol–water partition coefficient (Wildman–Crippen LogP) is 1.22. The lowest BCUT2D eigenvalue weighted by Gasteiger charge is -2.01. The van der Waals surface area contributed by atoms with Crippen molar-refractivity contribution in [1.29, 1.82) is 0 Å². The second-order valence-corrected chi connectivity index (χ2v) is 3.25. The zero-order valence-electron chi connectivity index (χ0n) is 5.83. The molecule has 0 aromatic carbocycles. The molecule has 1 atom stereocenters. The number of hydrogen-bond acceptors (Lipinski definition) is 2. The molecule has 1 unspecified atom stereocenters. The minimum Gasteiger partial charge on any atom is -0.480 e. The fourth-order valence-electron chi connectivity index (χ4n) is 0.366. The number of thioether (sulfide) groups is 1. The van der Waals surface area contributed by atoms with Crippen molar-refractivity contribution in [2.45, 2.75) is 18.6 Å². The van der Waals surface area contributed by atoms with Crippen LogP contribution in [0.1, 0.15) is 13.3 Å². The van der Waals surface area contributed by atoms with Crippen molar-refractivity contribution in [2.75, 3.05) is 5.75 Å². The monoisotopic (exact) mass is 158 g/mol. The molecule has 0 rings (SSSR count). The van der Waals surface area contributed by atoms with Gasteiger partial charge in [0.05, 0.1) is 5.25 Å². The van der Waals surface area contributed by atoms with E-state index in [1.165, 1.54) is 11.8 Å². The zero-order chi connectivity index (χ0) is 7.98. The molecule has 10 heavy (non-hydrogen) atoms. The molecule has 0 aliphatic carbocycles. The van der Waals surface area contributed by atoms with Gasteiger partial charge >= 0.3 is 5.97 Å². The molecule has 0 amide bonds. The largest absolute Gasteiger partial charge is 0.480 e. The van der Waals surface area contributed by atoms with Crippen molar-refractivity contribution < 1.29 is 9.90 Å². The molecule has 0 aromatic rings. The average molecular weight is 158 g/mol. The topological polar surface area (TPSA) is 37.3 Å². The number of carbonyl (C=O) groups is 1. The van der Waals surface area contributed by atoms with Crippen LogP contribution in [0.15, 0.2) is 0 Å². The first kappa shape index (κ1) is 9.38. The van der Waals surface area contributed by atoms with Crippen LogP contribution in [0.5, 0.6) is 0 Å². The number of rotatable bonds is 4. The number of carboxylic acid groups (broad SMARTS) is 1. The van der Waals surface area contributed by atoms with Crippen LogP contribution in [0, 0.1) is 12.3 Å². The van der Waals surface area contributed by atoms with Crippen LogP contribution in [0.4, 0.5) is 0 Å². The van der Waals surface area contributed by atoms with Crippen molar-refractivity contribution in [3.05, 3.63) is 0 Å². The van der Waals surface area contributed by atoms with Gasteiger partial charge in [-0.3, -0.25) is 4.79 Å². The van der Waals surface area contributed by atoms with Gasteiger partial charge in [-0.1, -0.05) is 0 Å². The van der Waals surface area contributed by atoms with Gasteiger partial charge in [0.1, 0.15) is 0 Å². The average Bonchev–Trinajstić information content (AvgIpc) is 1.88. The van der Waals surface area contributed by atoms with E-state index in [0.29, 0.717) is 6.42 Å². The Bertz CT molecular complexity index is 148. The number of carboxylic acids is 1. The molecular weight excluding hydrogens is 148 g/mol. The molecule has 0 aliphatic rings. The van der Waals surface area contributed by atoms with E-state index in [0.717, 1.165) is 5.75 Å². The summed E-state index contributed by atoms with van der Waals surface area (Å²) in [5.74, 6) is 2.40. The van der Waals surface area contributed by atoms with Crippen molar-refractivity contribution in [2.24, 2.45) is 0 Å². The summed E-state index contributed by atoms with van der Waals surface area (Å²) in [6.45, 7) is 1.66. The Morgan fingerprint density at radius 2 is 2.50 bits per heavy atom. The molecule has 0 aliphatic heterocycles. The number of terminal acetylenes is 1. The quantitative estimate of drug-likeness (QED) is 0.493. The van der Waals surface area contributed by atoms with Gasteiger partial charge in [0.25, 0.3) is 0 Å². The fourth-order valence-corrected chi connectivity index (χ4v) is 1.10. The van der Waals surface area contributed by atoms with E-state index in [9.17, 15) is 4.79 Å².